The molecule has 0 atom stereocenters. The predicted molar refractivity (Wildman–Crippen MR) is 114 cm³/mol. The number of hydrogen-bond acceptors (Lipinski definition) is 6. The van der Waals surface area contributed by atoms with Gasteiger partial charge in [-0.05, 0) is 42.5 Å². The van der Waals surface area contributed by atoms with Crippen molar-refractivity contribution >= 4 is 42.4 Å². The van der Waals surface area contributed by atoms with E-state index in [1.54, 1.807) is 6.07 Å². The number of ether oxygens (including phenoxy) is 1. The van der Waals surface area contributed by atoms with Crippen LogP contribution in [0.15, 0.2) is 77.7 Å². The van der Waals surface area contributed by atoms with Crippen LogP contribution in [-0.4, -0.2) is 25.6 Å². The molecule has 0 saturated carbocycles. The third-order valence-electron chi connectivity index (χ3n) is 4.08. The van der Waals surface area contributed by atoms with Crippen molar-refractivity contribution in [2.24, 2.45) is 0 Å². The Balaban J connectivity index is 1.55. The molecule has 29 heavy (non-hydrogen) atoms. The van der Waals surface area contributed by atoms with Gasteiger partial charge in [0.1, 0.15) is 11.5 Å². The first-order valence-electron chi connectivity index (χ1n) is 8.63. The normalized spacial score (nSPS) is 11.3. The molecule has 0 fully saturated rings. The lowest BCUT2D eigenvalue weighted by Gasteiger charge is -2.04. The highest BCUT2D eigenvalue weighted by atomic mass is 32.2. The molecule has 0 aliphatic heterocycles. The van der Waals surface area contributed by atoms with E-state index in [2.05, 4.69) is 10.3 Å². The fourth-order valence-electron chi connectivity index (χ4n) is 2.68. The van der Waals surface area contributed by atoms with Gasteiger partial charge in [0.15, 0.2) is 15.0 Å². The SMILES string of the molecule is CS(=O)(=O)c1cccc(C(=O)Nc2nc3ccc(Oc4ccccc4)cc3s2)c1. The summed E-state index contributed by atoms with van der Waals surface area (Å²) in [5.41, 5.74) is 0.982. The summed E-state index contributed by atoms with van der Waals surface area (Å²) in [6.07, 6.45) is 1.10. The summed E-state index contributed by atoms with van der Waals surface area (Å²) < 4.78 is 30.1. The Morgan fingerprint density at radius 3 is 2.52 bits per heavy atom. The van der Waals surface area contributed by atoms with Crippen molar-refractivity contribution in [3.05, 3.63) is 78.4 Å². The van der Waals surface area contributed by atoms with Gasteiger partial charge in [-0.1, -0.05) is 35.6 Å². The van der Waals surface area contributed by atoms with Crippen LogP contribution < -0.4 is 10.1 Å². The second kappa shape index (κ2) is 7.65. The van der Waals surface area contributed by atoms with Crippen molar-refractivity contribution in [2.75, 3.05) is 11.6 Å². The second-order valence-electron chi connectivity index (χ2n) is 6.32. The van der Waals surface area contributed by atoms with Gasteiger partial charge in [0.05, 0.1) is 15.1 Å². The van der Waals surface area contributed by atoms with Crippen LogP contribution in [0.1, 0.15) is 10.4 Å². The predicted octanol–water partition coefficient (Wildman–Crippen LogP) is 4.74. The molecular formula is C21H16N2O4S2. The number of benzene rings is 3. The maximum atomic E-state index is 12.5. The van der Waals surface area contributed by atoms with Gasteiger partial charge in [-0.2, -0.15) is 0 Å². The van der Waals surface area contributed by atoms with E-state index < -0.39 is 15.7 Å². The molecule has 0 unspecified atom stereocenters. The van der Waals surface area contributed by atoms with E-state index in [1.807, 2.05) is 48.5 Å². The molecule has 8 heteroatoms. The lowest BCUT2D eigenvalue weighted by atomic mass is 10.2. The van der Waals surface area contributed by atoms with Crippen molar-refractivity contribution in [2.45, 2.75) is 4.90 Å². The van der Waals surface area contributed by atoms with Crippen LogP contribution in [0.25, 0.3) is 10.2 Å². The van der Waals surface area contributed by atoms with Gasteiger partial charge in [0.2, 0.25) is 0 Å². The van der Waals surface area contributed by atoms with Gasteiger partial charge in [-0.15, -0.1) is 0 Å². The van der Waals surface area contributed by atoms with E-state index in [1.165, 1.54) is 29.5 Å². The minimum absolute atomic E-state index is 0.0946. The van der Waals surface area contributed by atoms with Crippen LogP contribution in [-0.2, 0) is 9.84 Å². The first-order valence-corrected chi connectivity index (χ1v) is 11.3. The minimum atomic E-state index is -3.39. The fraction of sp³-hybridized carbons (Fsp3) is 0.0476. The summed E-state index contributed by atoms with van der Waals surface area (Å²) in [7, 11) is -3.39. The monoisotopic (exact) mass is 424 g/mol. The number of para-hydroxylation sites is 1. The van der Waals surface area contributed by atoms with Crippen LogP contribution in [0, 0.1) is 0 Å². The number of sulfone groups is 1. The maximum Gasteiger partial charge on any atom is 0.257 e. The zero-order chi connectivity index (χ0) is 20.4. The summed E-state index contributed by atoms with van der Waals surface area (Å²) in [6, 6.07) is 20.8. The highest BCUT2D eigenvalue weighted by molar-refractivity contribution is 7.90. The first kappa shape index (κ1) is 19.1. The van der Waals surface area contributed by atoms with Crippen molar-refractivity contribution < 1.29 is 17.9 Å². The van der Waals surface area contributed by atoms with Crippen molar-refractivity contribution in [3.63, 3.8) is 0 Å². The van der Waals surface area contributed by atoms with E-state index in [0.717, 1.165) is 22.2 Å². The molecule has 4 rings (SSSR count). The van der Waals surface area contributed by atoms with Crippen LogP contribution >= 0.6 is 11.3 Å². The van der Waals surface area contributed by atoms with E-state index in [4.69, 9.17) is 4.74 Å². The molecule has 0 aliphatic rings. The van der Waals surface area contributed by atoms with Gasteiger partial charge in [-0.3, -0.25) is 10.1 Å². The molecule has 4 aromatic rings. The minimum Gasteiger partial charge on any atom is -0.457 e. The lowest BCUT2D eigenvalue weighted by Crippen LogP contribution is -2.12. The van der Waals surface area contributed by atoms with Crippen molar-refractivity contribution in [1.82, 2.24) is 4.98 Å². The molecule has 1 amide bonds. The van der Waals surface area contributed by atoms with Crippen LogP contribution in [0.4, 0.5) is 5.13 Å². The number of nitrogens with zero attached hydrogens (tertiary/aromatic N) is 1. The van der Waals surface area contributed by atoms with Crippen LogP contribution in [0.3, 0.4) is 0 Å². The molecule has 0 saturated heterocycles. The van der Waals surface area contributed by atoms with E-state index in [0.29, 0.717) is 10.9 Å². The number of amides is 1. The molecule has 1 N–H and O–H groups in total. The number of thiazole rings is 1. The number of carbonyl (C=O) groups excluding carboxylic acids is 1. The van der Waals surface area contributed by atoms with Crippen molar-refractivity contribution in [3.8, 4) is 11.5 Å². The Kier molecular flexibility index (Phi) is 5.04. The van der Waals surface area contributed by atoms with Gasteiger partial charge < -0.3 is 4.74 Å². The Hall–Kier alpha value is -3.23. The average molecular weight is 425 g/mol. The molecule has 1 heterocycles. The summed E-state index contributed by atoms with van der Waals surface area (Å²) in [6.45, 7) is 0. The highest BCUT2D eigenvalue weighted by Crippen LogP contribution is 2.31. The largest absolute Gasteiger partial charge is 0.457 e. The van der Waals surface area contributed by atoms with Crippen LogP contribution in [0.2, 0.25) is 0 Å². The van der Waals surface area contributed by atoms with Crippen LogP contribution in [0.5, 0.6) is 11.5 Å². The third kappa shape index (κ3) is 4.44. The number of hydrogen-bond donors (Lipinski definition) is 1. The molecule has 0 bridgehead atoms. The van der Waals surface area contributed by atoms with Gasteiger partial charge in [-0.25, -0.2) is 13.4 Å². The summed E-state index contributed by atoms with van der Waals surface area (Å²) in [5.74, 6) is 0.983. The standard InChI is InChI=1S/C21H16N2O4S2/c1-29(25,26)17-9-5-6-14(12-17)20(24)23-21-22-18-11-10-16(13-19(18)28-21)27-15-7-3-2-4-8-15/h2-13H,1H3,(H,22,23,24). The number of anilines is 1. The molecule has 6 nitrogen and oxygen atoms in total. The van der Waals surface area contributed by atoms with Gasteiger partial charge >= 0.3 is 0 Å². The van der Waals surface area contributed by atoms with E-state index in [9.17, 15) is 13.2 Å². The number of rotatable bonds is 5. The number of aromatic nitrogens is 1. The van der Waals surface area contributed by atoms with Crippen molar-refractivity contribution in [1.29, 1.82) is 0 Å². The molecule has 0 spiro atoms. The maximum absolute atomic E-state index is 12.5. The molecule has 0 aliphatic carbocycles. The Bertz CT molecular complexity index is 1300. The molecule has 146 valence electrons. The molecule has 0 radical (unpaired) electrons. The number of carbonyl (C=O) groups is 1. The molecular weight excluding hydrogens is 408 g/mol. The van der Waals surface area contributed by atoms with Gasteiger partial charge in [0.25, 0.3) is 5.91 Å². The summed E-state index contributed by atoms with van der Waals surface area (Å²) >= 11 is 1.31. The first-order chi connectivity index (χ1) is 13.9. The Labute approximate surface area is 171 Å². The zero-order valence-electron chi connectivity index (χ0n) is 15.3. The third-order valence-corrected chi connectivity index (χ3v) is 6.13. The Morgan fingerprint density at radius 1 is 0.966 bits per heavy atom. The van der Waals surface area contributed by atoms with E-state index >= 15 is 0 Å². The second-order valence-corrected chi connectivity index (χ2v) is 9.36. The molecule has 1 aromatic heterocycles. The number of nitrogens with one attached hydrogen (secondary N) is 1. The molecule has 3 aromatic carbocycles. The highest BCUT2D eigenvalue weighted by Gasteiger charge is 2.14. The summed E-state index contributed by atoms with van der Waals surface area (Å²) in [4.78, 5) is 17.0. The zero-order valence-corrected chi connectivity index (χ0v) is 17.0. The lowest BCUT2D eigenvalue weighted by molar-refractivity contribution is 0.102. The topological polar surface area (TPSA) is 85.4 Å². The van der Waals surface area contributed by atoms with Gasteiger partial charge in [0, 0.05) is 17.9 Å². The summed E-state index contributed by atoms with van der Waals surface area (Å²) in [5, 5.41) is 3.15. The number of fused-ring (bicyclic) bond motifs is 1. The average Bonchev–Trinajstić information content (AvgIpc) is 3.09. The fourth-order valence-corrected chi connectivity index (χ4v) is 4.24. The quantitative estimate of drug-likeness (QED) is 0.500. The van der Waals surface area contributed by atoms with E-state index in [-0.39, 0.29) is 10.5 Å². The smallest absolute Gasteiger partial charge is 0.257 e. The Morgan fingerprint density at radius 2 is 1.76 bits per heavy atom.